The number of ether oxygens (including phenoxy) is 1. The van der Waals surface area contributed by atoms with Gasteiger partial charge in [-0.3, -0.25) is 4.79 Å². The van der Waals surface area contributed by atoms with E-state index in [2.05, 4.69) is 10.2 Å². The zero-order chi connectivity index (χ0) is 11.8. The highest BCUT2D eigenvalue weighted by atomic mass is 16.5. The van der Waals surface area contributed by atoms with Crippen LogP contribution < -0.4 is 5.32 Å². The van der Waals surface area contributed by atoms with Gasteiger partial charge in [-0.05, 0) is 59.4 Å². The standard InChI is InChI=1S/C12H24N2O2/c1-3-16-12(15)11-5-9-14(10-6-11)8-4-7-13-2/h11,13H,3-10H2,1-2H3. The lowest BCUT2D eigenvalue weighted by molar-refractivity contribution is -0.149. The fraction of sp³-hybridized carbons (Fsp3) is 0.917. The summed E-state index contributed by atoms with van der Waals surface area (Å²) in [6.45, 7) is 6.64. The lowest BCUT2D eigenvalue weighted by Gasteiger charge is -2.30. The molecule has 0 bridgehead atoms. The third kappa shape index (κ3) is 4.49. The molecule has 0 aromatic rings. The number of carbonyl (C=O) groups is 1. The van der Waals surface area contributed by atoms with Gasteiger partial charge in [0.2, 0.25) is 0 Å². The van der Waals surface area contributed by atoms with Crippen molar-refractivity contribution < 1.29 is 9.53 Å². The van der Waals surface area contributed by atoms with E-state index in [0.29, 0.717) is 6.61 Å². The van der Waals surface area contributed by atoms with Crippen molar-refractivity contribution in [3.8, 4) is 0 Å². The molecule has 1 heterocycles. The molecule has 0 radical (unpaired) electrons. The first-order valence-electron chi connectivity index (χ1n) is 6.31. The Morgan fingerprint density at radius 2 is 2.12 bits per heavy atom. The predicted molar refractivity (Wildman–Crippen MR) is 64.3 cm³/mol. The van der Waals surface area contributed by atoms with Gasteiger partial charge in [-0.2, -0.15) is 0 Å². The first-order valence-corrected chi connectivity index (χ1v) is 6.31. The predicted octanol–water partition coefficient (Wildman–Crippen LogP) is 0.871. The largest absolute Gasteiger partial charge is 0.466 e. The van der Waals surface area contributed by atoms with Gasteiger partial charge >= 0.3 is 5.97 Å². The number of hydrogen-bond acceptors (Lipinski definition) is 4. The molecule has 0 unspecified atom stereocenters. The Morgan fingerprint density at radius 1 is 1.44 bits per heavy atom. The summed E-state index contributed by atoms with van der Waals surface area (Å²) in [5.41, 5.74) is 0. The highest BCUT2D eigenvalue weighted by Crippen LogP contribution is 2.18. The summed E-state index contributed by atoms with van der Waals surface area (Å²) < 4.78 is 5.05. The molecule has 1 N–H and O–H groups in total. The molecule has 0 atom stereocenters. The van der Waals surface area contributed by atoms with Gasteiger partial charge in [0.1, 0.15) is 0 Å². The molecule has 0 aromatic carbocycles. The highest BCUT2D eigenvalue weighted by molar-refractivity contribution is 5.72. The molecule has 1 rings (SSSR count). The molecule has 0 aliphatic carbocycles. The number of carbonyl (C=O) groups excluding carboxylic acids is 1. The quantitative estimate of drug-likeness (QED) is 0.541. The third-order valence-corrected chi connectivity index (χ3v) is 3.11. The summed E-state index contributed by atoms with van der Waals surface area (Å²) in [5, 5.41) is 3.15. The molecule has 94 valence electrons. The lowest BCUT2D eigenvalue weighted by Crippen LogP contribution is -2.38. The Kier molecular flexibility index (Phi) is 6.42. The number of esters is 1. The summed E-state index contributed by atoms with van der Waals surface area (Å²) in [4.78, 5) is 14.0. The molecule has 1 aliphatic heterocycles. The maximum atomic E-state index is 11.5. The smallest absolute Gasteiger partial charge is 0.309 e. The van der Waals surface area contributed by atoms with Crippen molar-refractivity contribution in [1.82, 2.24) is 10.2 Å². The van der Waals surface area contributed by atoms with Gasteiger partial charge in [0.25, 0.3) is 0 Å². The van der Waals surface area contributed by atoms with E-state index in [1.54, 1.807) is 0 Å². The molecule has 0 spiro atoms. The SMILES string of the molecule is CCOC(=O)C1CCN(CCCNC)CC1. The number of nitrogens with zero attached hydrogens (tertiary/aromatic N) is 1. The fourth-order valence-electron chi connectivity index (χ4n) is 2.13. The summed E-state index contributed by atoms with van der Waals surface area (Å²) in [5.74, 6) is 0.137. The van der Waals surface area contributed by atoms with Gasteiger partial charge < -0.3 is 15.0 Å². The molecule has 4 nitrogen and oxygen atoms in total. The molecule has 0 saturated carbocycles. The Hall–Kier alpha value is -0.610. The van der Waals surface area contributed by atoms with Crippen molar-refractivity contribution in [2.45, 2.75) is 26.2 Å². The van der Waals surface area contributed by atoms with Crippen molar-refractivity contribution in [1.29, 1.82) is 0 Å². The maximum absolute atomic E-state index is 11.5. The molecule has 1 aliphatic rings. The van der Waals surface area contributed by atoms with Crippen molar-refractivity contribution in [2.24, 2.45) is 5.92 Å². The van der Waals surface area contributed by atoms with Crippen LogP contribution in [0.5, 0.6) is 0 Å². The zero-order valence-electron chi connectivity index (χ0n) is 10.5. The van der Waals surface area contributed by atoms with Gasteiger partial charge in [-0.25, -0.2) is 0 Å². The van der Waals surface area contributed by atoms with Crippen LogP contribution in [0.3, 0.4) is 0 Å². The third-order valence-electron chi connectivity index (χ3n) is 3.11. The van der Waals surface area contributed by atoms with E-state index in [-0.39, 0.29) is 11.9 Å². The normalized spacial score (nSPS) is 18.6. The average Bonchev–Trinajstić information content (AvgIpc) is 2.30. The Bertz CT molecular complexity index is 201. The van der Waals surface area contributed by atoms with Crippen LogP contribution in [0.25, 0.3) is 0 Å². The topological polar surface area (TPSA) is 41.6 Å². The highest BCUT2D eigenvalue weighted by Gasteiger charge is 2.25. The zero-order valence-corrected chi connectivity index (χ0v) is 10.5. The Balaban J connectivity index is 2.15. The Labute approximate surface area is 98.3 Å². The van der Waals surface area contributed by atoms with E-state index in [1.165, 1.54) is 6.42 Å². The molecule has 0 amide bonds. The average molecular weight is 228 g/mol. The van der Waals surface area contributed by atoms with Gasteiger partial charge in [0.05, 0.1) is 12.5 Å². The Morgan fingerprint density at radius 3 is 2.69 bits per heavy atom. The van der Waals surface area contributed by atoms with E-state index in [4.69, 9.17) is 4.74 Å². The van der Waals surface area contributed by atoms with Crippen LogP contribution >= 0.6 is 0 Å². The van der Waals surface area contributed by atoms with Gasteiger partial charge in [-0.15, -0.1) is 0 Å². The second kappa shape index (κ2) is 7.63. The van der Waals surface area contributed by atoms with Crippen molar-refractivity contribution in [3.63, 3.8) is 0 Å². The van der Waals surface area contributed by atoms with Crippen molar-refractivity contribution in [2.75, 3.05) is 39.8 Å². The number of rotatable bonds is 6. The lowest BCUT2D eigenvalue weighted by atomic mass is 9.97. The van der Waals surface area contributed by atoms with E-state index >= 15 is 0 Å². The molecular weight excluding hydrogens is 204 g/mol. The van der Waals surface area contributed by atoms with Crippen LogP contribution in [-0.4, -0.2) is 50.7 Å². The molecule has 1 saturated heterocycles. The minimum absolute atomic E-state index is 0.00243. The molecular formula is C12H24N2O2. The van der Waals surface area contributed by atoms with Crippen molar-refractivity contribution in [3.05, 3.63) is 0 Å². The fourth-order valence-corrected chi connectivity index (χ4v) is 2.13. The number of piperidine rings is 1. The van der Waals surface area contributed by atoms with Gasteiger partial charge in [0.15, 0.2) is 0 Å². The molecule has 1 fully saturated rings. The van der Waals surface area contributed by atoms with Crippen LogP contribution in [0, 0.1) is 5.92 Å². The number of likely N-dealkylation sites (tertiary alicyclic amines) is 1. The van der Waals surface area contributed by atoms with Gasteiger partial charge in [0, 0.05) is 0 Å². The number of nitrogens with one attached hydrogen (secondary N) is 1. The van der Waals surface area contributed by atoms with E-state index < -0.39 is 0 Å². The van der Waals surface area contributed by atoms with E-state index in [0.717, 1.165) is 39.0 Å². The minimum Gasteiger partial charge on any atom is -0.466 e. The van der Waals surface area contributed by atoms with Crippen LogP contribution in [0.1, 0.15) is 26.2 Å². The maximum Gasteiger partial charge on any atom is 0.309 e. The second-order valence-corrected chi connectivity index (χ2v) is 4.33. The monoisotopic (exact) mass is 228 g/mol. The molecule has 4 heteroatoms. The van der Waals surface area contributed by atoms with E-state index in [1.807, 2.05) is 14.0 Å². The second-order valence-electron chi connectivity index (χ2n) is 4.33. The van der Waals surface area contributed by atoms with Crippen LogP contribution in [0.2, 0.25) is 0 Å². The van der Waals surface area contributed by atoms with E-state index in [9.17, 15) is 4.79 Å². The summed E-state index contributed by atoms with van der Waals surface area (Å²) in [6.07, 6.45) is 3.09. The molecule has 16 heavy (non-hydrogen) atoms. The van der Waals surface area contributed by atoms with Gasteiger partial charge in [-0.1, -0.05) is 0 Å². The summed E-state index contributed by atoms with van der Waals surface area (Å²) >= 11 is 0. The first kappa shape index (κ1) is 13.5. The first-order chi connectivity index (χ1) is 7.77. The van der Waals surface area contributed by atoms with Crippen LogP contribution in [0.4, 0.5) is 0 Å². The molecule has 0 aromatic heterocycles. The van der Waals surface area contributed by atoms with Crippen LogP contribution in [0.15, 0.2) is 0 Å². The summed E-state index contributed by atoms with van der Waals surface area (Å²) in [7, 11) is 1.98. The van der Waals surface area contributed by atoms with Crippen molar-refractivity contribution >= 4 is 5.97 Å². The minimum atomic E-state index is -0.00243. The van der Waals surface area contributed by atoms with Crippen LogP contribution in [-0.2, 0) is 9.53 Å². The number of hydrogen-bond donors (Lipinski definition) is 1. The summed E-state index contributed by atoms with van der Waals surface area (Å²) in [6, 6.07) is 0.